The molecule has 2 aliphatic heterocycles. The van der Waals surface area contributed by atoms with E-state index in [1.807, 2.05) is 24.3 Å². The largest absolute Gasteiger partial charge is 0.379 e. The number of nitrogens with zero attached hydrogens (tertiary/aromatic N) is 4. The average Bonchev–Trinajstić information content (AvgIpc) is 3.67. The van der Waals surface area contributed by atoms with Crippen molar-refractivity contribution in [3.8, 4) is 0 Å². The Hall–Kier alpha value is -2.74. The van der Waals surface area contributed by atoms with Gasteiger partial charge in [0.1, 0.15) is 6.54 Å². The Balaban J connectivity index is 1.37. The fraction of sp³-hybridized carbons (Fsp3) is 0.483. The Kier molecular flexibility index (Phi) is 7.93. The summed E-state index contributed by atoms with van der Waals surface area (Å²) in [6.45, 7) is 8.62. The van der Waals surface area contributed by atoms with E-state index in [0.29, 0.717) is 31.2 Å². The summed E-state index contributed by atoms with van der Waals surface area (Å²) in [6, 6.07) is 13.7. The van der Waals surface area contributed by atoms with Crippen LogP contribution in [0.15, 0.2) is 47.6 Å². The van der Waals surface area contributed by atoms with Gasteiger partial charge in [0.2, 0.25) is 5.91 Å². The van der Waals surface area contributed by atoms with Crippen LogP contribution in [0.2, 0.25) is 5.02 Å². The number of aryl methyl sites for hydroxylation is 2. The van der Waals surface area contributed by atoms with E-state index in [1.165, 1.54) is 11.1 Å². The predicted molar refractivity (Wildman–Crippen MR) is 145 cm³/mol. The summed E-state index contributed by atoms with van der Waals surface area (Å²) < 4.78 is 5.45. The lowest BCUT2D eigenvalue weighted by atomic mass is 9.96. The molecule has 1 atom stereocenters. The van der Waals surface area contributed by atoms with Crippen LogP contribution in [0.4, 0.5) is 0 Å². The highest BCUT2D eigenvalue weighted by atomic mass is 35.5. The zero-order valence-corrected chi connectivity index (χ0v) is 22.4. The molecule has 0 bridgehead atoms. The molecule has 7 nitrogen and oxygen atoms in total. The Morgan fingerprint density at radius 3 is 2.46 bits per heavy atom. The van der Waals surface area contributed by atoms with Crippen LogP contribution in [0, 0.1) is 19.8 Å². The molecule has 37 heavy (non-hydrogen) atoms. The maximum absolute atomic E-state index is 13.8. The fourth-order valence-electron chi connectivity index (χ4n) is 4.96. The van der Waals surface area contributed by atoms with Crippen molar-refractivity contribution in [2.24, 2.45) is 11.0 Å². The molecule has 2 aromatic rings. The maximum atomic E-state index is 13.8. The molecular weight excluding hydrogens is 488 g/mol. The van der Waals surface area contributed by atoms with Crippen molar-refractivity contribution < 1.29 is 14.3 Å². The summed E-state index contributed by atoms with van der Waals surface area (Å²) in [7, 11) is 0. The number of rotatable bonds is 8. The van der Waals surface area contributed by atoms with E-state index in [9.17, 15) is 9.59 Å². The number of carbonyl (C=O) groups excluding carboxylic acids is 2. The van der Waals surface area contributed by atoms with E-state index >= 15 is 0 Å². The number of halogens is 1. The van der Waals surface area contributed by atoms with Gasteiger partial charge in [-0.15, -0.1) is 0 Å². The Labute approximate surface area is 224 Å². The van der Waals surface area contributed by atoms with Crippen molar-refractivity contribution in [1.29, 1.82) is 0 Å². The first-order valence-corrected chi connectivity index (χ1v) is 13.6. The van der Waals surface area contributed by atoms with Gasteiger partial charge in [0, 0.05) is 43.5 Å². The summed E-state index contributed by atoms with van der Waals surface area (Å²) in [4.78, 5) is 30.9. The van der Waals surface area contributed by atoms with Gasteiger partial charge in [0.15, 0.2) is 0 Å². The van der Waals surface area contributed by atoms with Gasteiger partial charge in [-0.2, -0.15) is 5.10 Å². The molecule has 0 unspecified atom stereocenters. The Bertz CT molecular complexity index is 1170. The van der Waals surface area contributed by atoms with E-state index in [4.69, 9.17) is 21.4 Å². The Morgan fingerprint density at radius 1 is 1.05 bits per heavy atom. The minimum atomic E-state index is -0.238. The first-order valence-electron chi connectivity index (χ1n) is 13.2. The van der Waals surface area contributed by atoms with Gasteiger partial charge in [-0.1, -0.05) is 35.9 Å². The van der Waals surface area contributed by atoms with Crippen molar-refractivity contribution in [2.75, 3.05) is 45.9 Å². The molecule has 196 valence electrons. The predicted octanol–water partition coefficient (Wildman–Crippen LogP) is 4.21. The normalized spacial score (nSPS) is 20.1. The molecule has 3 aliphatic rings. The van der Waals surface area contributed by atoms with Gasteiger partial charge in [-0.3, -0.25) is 14.5 Å². The minimum absolute atomic E-state index is 0.0352. The third-order valence-corrected chi connectivity index (χ3v) is 7.87. The zero-order valence-electron chi connectivity index (χ0n) is 21.7. The maximum Gasteiger partial charge on any atom is 0.262 e. The molecule has 1 aliphatic carbocycles. The minimum Gasteiger partial charge on any atom is -0.379 e. The summed E-state index contributed by atoms with van der Waals surface area (Å²) in [5, 5.41) is 7.08. The second-order valence-electron chi connectivity index (χ2n) is 10.3. The number of carbonyl (C=O) groups is 2. The van der Waals surface area contributed by atoms with E-state index < -0.39 is 0 Å². The number of hydrogen-bond donors (Lipinski definition) is 0. The van der Waals surface area contributed by atoms with Crippen molar-refractivity contribution >= 4 is 29.1 Å². The van der Waals surface area contributed by atoms with E-state index in [0.717, 1.165) is 49.3 Å². The van der Waals surface area contributed by atoms with Crippen molar-refractivity contribution in [3.63, 3.8) is 0 Å². The fourth-order valence-corrected chi connectivity index (χ4v) is 5.08. The van der Waals surface area contributed by atoms with Gasteiger partial charge >= 0.3 is 0 Å². The number of ether oxygens (including phenoxy) is 1. The first-order chi connectivity index (χ1) is 17.9. The van der Waals surface area contributed by atoms with E-state index in [2.05, 4.69) is 36.9 Å². The lowest BCUT2D eigenvalue weighted by Gasteiger charge is -2.31. The molecule has 1 saturated heterocycles. The molecule has 5 rings (SSSR count). The molecule has 2 aromatic carbocycles. The molecule has 8 heteroatoms. The van der Waals surface area contributed by atoms with Crippen LogP contribution in [0.1, 0.15) is 47.6 Å². The summed E-state index contributed by atoms with van der Waals surface area (Å²) in [6.07, 6.45) is 2.43. The monoisotopic (exact) mass is 522 g/mol. The quantitative estimate of drug-likeness (QED) is 0.521. The van der Waals surface area contributed by atoms with Crippen molar-refractivity contribution in [1.82, 2.24) is 14.8 Å². The zero-order chi connectivity index (χ0) is 25.9. The van der Waals surface area contributed by atoms with Gasteiger partial charge in [0.25, 0.3) is 5.91 Å². The molecule has 0 N–H and O–H groups in total. The third kappa shape index (κ3) is 6.22. The molecule has 0 spiro atoms. The average molecular weight is 523 g/mol. The number of hydrogen-bond acceptors (Lipinski definition) is 5. The van der Waals surface area contributed by atoms with Gasteiger partial charge in [-0.25, -0.2) is 5.01 Å². The SMILES string of the molecule is Cc1ccc(C2=NN(C(=O)CN(CCN3CCOCC3)C(=O)C3CC3)[C@@H](c3ccc(Cl)cc3)C2)cc1C. The second-order valence-corrected chi connectivity index (χ2v) is 10.8. The first kappa shape index (κ1) is 25.9. The van der Waals surface area contributed by atoms with Crippen LogP contribution in [0.3, 0.4) is 0 Å². The molecule has 2 amide bonds. The third-order valence-electron chi connectivity index (χ3n) is 7.62. The number of amides is 2. The summed E-state index contributed by atoms with van der Waals surface area (Å²) in [5.41, 5.74) is 5.30. The summed E-state index contributed by atoms with van der Waals surface area (Å²) in [5.74, 6) is -0.0188. The second kappa shape index (κ2) is 11.3. The molecule has 2 heterocycles. The van der Waals surface area contributed by atoms with E-state index in [1.54, 1.807) is 9.91 Å². The number of hydrazone groups is 1. The lowest BCUT2D eigenvalue weighted by molar-refractivity contribution is -0.142. The lowest BCUT2D eigenvalue weighted by Crippen LogP contribution is -2.47. The van der Waals surface area contributed by atoms with Crippen molar-refractivity contribution in [3.05, 3.63) is 69.7 Å². The molecule has 0 aromatic heterocycles. The van der Waals surface area contributed by atoms with Crippen molar-refractivity contribution in [2.45, 2.75) is 39.2 Å². The highest BCUT2D eigenvalue weighted by Crippen LogP contribution is 2.35. The Morgan fingerprint density at radius 2 is 1.78 bits per heavy atom. The molecule has 1 saturated carbocycles. The van der Waals surface area contributed by atoms with Crippen LogP contribution in [-0.4, -0.2) is 78.3 Å². The number of benzene rings is 2. The van der Waals surface area contributed by atoms with Gasteiger partial charge in [0.05, 0.1) is 25.0 Å². The highest BCUT2D eigenvalue weighted by Gasteiger charge is 2.38. The smallest absolute Gasteiger partial charge is 0.262 e. The molecule has 0 radical (unpaired) electrons. The number of morpholine rings is 1. The van der Waals surface area contributed by atoms with Gasteiger partial charge in [-0.05, 0) is 67.1 Å². The summed E-state index contributed by atoms with van der Waals surface area (Å²) >= 11 is 6.15. The van der Waals surface area contributed by atoms with Crippen LogP contribution in [0.5, 0.6) is 0 Å². The van der Waals surface area contributed by atoms with Gasteiger partial charge < -0.3 is 9.64 Å². The topological polar surface area (TPSA) is 65.5 Å². The van der Waals surface area contributed by atoms with Crippen LogP contribution in [-0.2, 0) is 14.3 Å². The van der Waals surface area contributed by atoms with Crippen LogP contribution in [0.25, 0.3) is 0 Å². The van der Waals surface area contributed by atoms with Crippen LogP contribution >= 0.6 is 11.6 Å². The molecule has 2 fully saturated rings. The molecular formula is C29H35ClN4O3. The highest BCUT2D eigenvalue weighted by molar-refractivity contribution is 6.30. The standard InChI is InChI=1S/C29H35ClN4O3/c1-20-3-4-24(17-21(20)2)26-18-27(22-7-9-25(30)10-8-22)34(31-26)28(35)19-33(29(36)23-5-6-23)12-11-32-13-15-37-16-14-32/h3-4,7-10,17,23,27H,5-6,11-16,18-19H2,1-2H3/t27-/m1/s1. The van der Waals surface area contributed by atoms with E-state index in [-0.39, 0.29) is 30.3 Å². The van der Waals surface area contributed by atoms with Crippen LogP contribution < -0.4 is 0 Å².